The Balaban J connectivity index is 1.68. The van der Waals surface area contributed by atoms with Gasteiger partial charge in [0.15, 0.2) is 10.9 Å². The van der Waals surface area contributed by atoms with Crippen LogP contribution in [0.4, 0.5) is 5.13 Å². The molecule has 0 amide bonds. The van der Waals surface area contributed by atoms with E-state index in [-0.39, 0.29) is 5.78 Å². The summed E-state index contributed by atoms with van der Waals surface area (Å²) >= 11 is 1.68. The number of benzene rings is 1. The van der Waals surface area contributed by atoms with Gasteiger partial charge in [0.1, 0.15) is 5.69 Å². The van der Waals surface area contributed by atoms with Crippen molar-refractivity contribution in [2.75, 3.05) is 18.5 Å². The lowest BCUT2D eigenvalue weighted by Gasteiger charge is -2.15. The lowest BCUT2D eigenvalue weighted by Crippen LogP contribution is -2.20. The van der Waals surface area contributed by atoms with Crippen LogP contribution in [-0.4, -0.2) is 24.4 Å². The zero-order chi connectivity index (χ0) is 13.9. The van der Waals surface area contributed by atoms with Gasteiger partial charge in [-0.1, -0.05) is 30.3 Å². The summed E-state index contributed by atoms with van der Waals surface area (Å²) < 4.78 is 0. The van der Waals surface area contributed by atoms with Crippen LogP contribution in [0.1, 0.15) is 33.8 Å². The van der Waals surface area contributed by atoms with Crippen molar-refractivity contribution in [1.82, 2.24) is 4.98 Å². The van der Waals surface area contributed by atoms with Gasteiger partial charge in [-0.2, -0.15) is 0 Å². The summed E-state index contributed by atoms with van der Waals surface area (Å²) in [5, 5.41) is 0.973. The Kier molecular flexibility index (Phi) is 3.83. The first-order valence-electron chi connectivity index (χ1n) is 7.02. The largest absolute Gasteiger partial charge is 0.351 e. The van der Waals surface area contributed by atoms with Crippen LogP contribution in [-0.2, 0) is 12.8 Å². The summed E-state index contributed by atoms with van der Waals surface area (Å²) in [5.74, 6) is 0.213. The Labute approximate surface area is 123 Å². The van der Waals surface area contributed by atoms with Gasteiger partial charge >= 0.3 is 0 Å². The normalized spacial score (nSPS) is 14.2. The molecule has 2 aromatic rings. The minimum Gasteiger partial charge on any atom is -0.351 e. The molecule has 0 saturated heterocycles. The van der Waals surface area contributed by atoms with Crippen LogP contribution in [0.25, 0.3) is 0 Å². The molecule has 0 saturated carbocycles. The predicted octanol–water partition coefficient (Wildman–Crippen LogP) is 3.34. The number of thiazole rings is 1. The van der Waals surface area contributed by atoms with Crippen molar-refractivity contribution in [3.05, 3.63) is 46.5 Å². The molecule has 104 valence electrons. The Hall–Kier alpha value is -1.68. The van der Waals surface area contributed by atoms with Gasteiger partial charge in [-0.3, -0.25) is 4.79 Å². The highest BCUT2D eigenvalue weighted by Gasteiger charge is 2.23. The number of carbonyl (C=O) groups excluding carboxylic acids is 1. The van der Waals surface area contributed by atoms with Crippen LogP contribution in [0.5, 0.6) is 0 Å². The molecular weight excluding hydrogens is 268 g/mol. The Morgan fingerprint density at radius 3 is 2.80 bits per heavy atom. The van der Waals surface area contributed by atoms with E-state index in [2.05, 4.69) is 41.2 Å². The number of likely N-dealkylation sites (N-methyl/N-ethyl adjacent to an activating group) is 1. The number of carbonyl (C=O) groups is 1. The van der Waals surface area contributed by atoms with Gasteiger partial charge in [-0.15, -0.1) is 11.3 Å². The number of Topliss-reactive ketones (excluding diaryl/α,β-unsaturated/α-hetero) is 1. The third kappa shape index (κ3) is 2.75. The zero-order valence-corrected chi connectivity index (χ0v) is 12.4. The molecule has 1 heterocycles. The number of fused-ring (bicyclic) bond motifs is 1. The molecular formula is C16H18N2OS. The zero-order valence-electron chi connectivity index (χ0n) is 11.6. The molecule has 3 rings (SSSR count). The second kappa shape index (κ2) is 5.75. The van der Waals surface area contributed by atoms with Gasteiger partial charge in [0.05, 0.1) is 0 Å². The molecule has 0 unspecified atom stereocenters. The van der Waals surface area contributed by atoms with Crippen molar-refractivity contribution >= 4 is 22.3 Å². The Bertz CT molecular complexity index is 606. The van der Waals surface area contributed by atoms with E-state index >= 15 is 0 Å². The van der Waals surface area contributed by atoms with Gasteiger partial charge in [-0.25, -0.2) is 4.98 Å². The van der Waals surface area contributed by atoms with E-state index in [4.69, 9.17) is 0 Å². The number of aromatic nitrogens is 1. The maximum Gasteiger partial charge on any atom is 0.185 e. The fraction of sp³-hybridized carbons (Fsp3) is 0.375. The molecule has 0 radical (unpaired) electrons. The first-order valence-corrected chi connectivity index (χ1v) is 7.83. The van der Waals surface area contributed by atoms with Crippen LogP contribution in [0.2, 0.25) is 0 Å². The summed E-state index contributed by atoms with van der Waals surface area (Å²) in [6.45, 7) is 0.921. The highest BCUT2D eigenvalue weighted by atomic mass is 32.1. The van der Waals surface area contributed by atoms with Gasteiger partial charge in [0, 0.05) is 24.9 Å². The molecule has 0 bridgehead atoms. The summed E-state index contributed by atoms with van der Waals surface area (Å²) in [6.07, 6.45) is 3.63. The van der Waals surface area contributed by atoms with Gasteiger partial charge in [0.2, 0.25) is 0 Å². The maximum atomic E-state index is 11.8. The quantitative estimate of drug-likeness (QED) is 0.864. The minimum atomic E-state index is 0.213. The van der Waals surface area contributed by atoms with Crippen molar-refractivity contribution < 1.29 is 4.79 Å². The lowest BCUT2D eigenvalue weighted by atomic mass is 10.0. The third-order valence-electron chi connectivity index (χ3n) is 3.66. The van der Waals surface area contributed by atoms with Crippen LogP contribution in [0, 0.1) is 0 Å². The monoisotopic (exact) mass is 286 g/mol. The molecule has 20 heavy (non-hydrogen) atoms. The standard InChI is InChI=1S/C16H18N2OS/c1-18(11-10-12-6-3-2-4-7-12)16-17-15-13(19)8-5-9-14(15)20-16/h2-4,6-7H,5,8-11H2,1H3. The number of hydrogen-bond donors (Lipinski definition) is 0. The summed E-state index contributed by atoms with van der Waals surface area (Å²) in [4.78, 5) is 19.7. The van der Waals surface area contributed by atoms with E-state index in [0.717, 1.165) is 36.6 Å². The summed E-state index contributed by atoms with van der Waals surface area (Å²) in [7, 11) is 2.05. The predicted molar refractivity (Wildman–Crippen MR) is 82.8 cm³/mol. The molecule has 4 heteroatoms. The minimum absolute atomic E-state index is 0.213. The van der Waals surface area contributed by atoms with Crippen LogP contribution < -0.4 is 4.90 Å². The molecule has 0 atom stereocenters. The van der Waals surface area contributed by atoms with E-state index in [0.29, 0.717) is 6.42 Å². The van der Waals surface area contributed by atoms with Crippen LogP contribution in [0.15, 0.2) is 30.3 Å². The van der Waals surface area contributed by atoms with E-state index < -0.39 is 0 Å². The van der Waals surface area contributed by atoms with Crippen LogP contribution in [0.3, 0.4) is 0 Å². The summed E-state index contributed by atoms with van der Waals surface area (Å²) in [6, 6.07) is 10.5. The van der Waals surface area contributed by atoms with Gasteiger partial charge in [0.25, 0.3) is 0 Å². The van der Waals surface area contributed by atoms with E-state index in [1.165, 1.54) is 10.4 Å². The number of ketones is 1. The first kappa shape index (κ1) is 13.3. The lowest BCUT2D eigenvalue weighted by molar-refractivity contribution is 0.0968. The highest BCUT2D eigenvalue weighted by Crippen LogP contribution is 2.31. The first-order chi connectivity index (χ1) is 9.74. The summed E-state index contributed by atoms with van der Waals surface area (Å²) in [5.41, 5.74) is 2.06. The number of rotatable bonds is 4. The van der Waals surface area contributed by atoms with E-state index in [1.807, 2.05) is 6.07 Å². The molecule has 0 aliphatic heterocycles. The SMILES string of the molecule is CN(CCc1ccccc1)c1nc2c(s1)CCCC2=O. The van der Waals surface area contributed by atoms with Gasteiger partial charge < -0.3 is 4.90 Å². The molecule has 3 nitrogen and oxygen atoms in total. The number of anilines is 1. The van der Waals surface area contributed by atoms with Crippen LogP contribution >= 0.6 is 11.3 Å². The number of hydrogen-bond acceptors (Lipinski definition) is 4. The van der Waals surface area contributed by atoms with Gasteiger partial charge in [-0.05, 0) is 24.8 Å². The fourth-order valence-electron chi connectivity index (χ4n) is 2.45. The average molecular weight is 286 g/mol. The van der Waals surface area contributed by atoms with Crippen molar-refractivity contribution in [2.45, 2.75) is 25.7 Å². The van der Waals surface area contributed by atoms with E-state index in [9.17, 15) is 4.79 Å². The third-order valence-corrected chi connectivity index (χ3v) is 4.89. The van der Waals surface area contributed by atoms with Crippen molar-refractivity contribution in [3.63, 3.8) is 0 Å². The fourth-order valence-corrected chi connectivity index (χ4v) is 3.56. The molecule has 1 aliphatic carbocycles. The maximum absolute atomic E-state index is 11.8. The van der Waals surface area contributed by atoms with Crippen molar-refractivity contribution in [3.8, 4) is 0 Å². The number of nitrogens with zero attached hydrogens (tertiary/aromatic N) is 2. The second-order valence-electron chi connectivity index (χ2n) is 5.20. The Morgan fingerprint density at radius 2 is 2.05 bits per heavy atom. The molecule has 1 aliphatic rings. The smallest absolute Gasteiger partial charge is 0.185 e. The molecule has 1 aromatic carbocycles. The molecule has 0 N–H and O–H groups in total. The van der Waals surface area contributed by atoms with Crippen molar-refractivity contribution in [1.29, 1.82) is 0 Å². The molecule has 0 spiro atoms. The molecule has 0 fully saturated rings. The topological polar surface area (TPSA) is 33.2 Å². The average Bonchev–Trinajstić information content (AvgIpc) is 2.91. The van der Waals surface area contributed by atoms with Crippen molar-refractivity contribution in [2.24, 2.45) is 0 Å². The highest BCUT2D eigenvalue weighted by molar-refractivity contribution is 7.16. The second-order valence-corrected chi connectivity index (χ2v) is 6.26. The Morgan fingerprint density at radius 1 is 1.25 bits per heavy atom. The van der Waals surface area contributed by atoms with E-state index in [1.54, 1.807) is 11.3 Å². The molecule has 1 aromatic heterocycles. The number of aryl methyl sites for hydroxylation is 1.